The molecule has 16 heavy (non-hydrogen) atoms. The van der Waals surface area contributed by atoms with Gasteiger partial charge in [0.05, 0.1) is 0 Å². The first-order chi connectivity index (χ1) is 7.29. The van der Waals surface area contributed by atoms with Crippen LogP contribution in [0, 0.1) is 0 Å². The molecule has 0 spiro atoms. The fraction of sp³-hybridized carbons (Fsp3) is 1.00. The van der Waals surface area contributed by atoms with E-state index in [0.29, 0.717) is 0 Å². The van der Waals surface area contributed by atoms with Crippen molar-refractivity contribution in [2.75, 3.05) is 13.2 Å². The Kier molecular flexibility index (Phi) is 7.31. The van der Waals surface area contributed by atoms with Crippen LogP contribution in [0.5, 0.6) is 0 Å². The first-order valence-corrected chi connectivity index (χ1v) is 14.5. The molecule has 0 bridgehead atoms. The molecule has 1 radical (unpaired) electrons. The molecule has 0 amide bonds. The molecule has 0 aliphatic carbocycles. The minimum atomic E-state index is -1.81. The van der Waals surface area contributed by atoms with Crippen molar-refractivity contribution in [3.8, 4) is 0 Å². The average Bonchev–Trinajstić information content (AvgIpc) is 2.16. The van der Waals surface area contributed by atoms with Crippen LogP contribution in [0.4, 0.5) is 0 Å². The summed E-state index contributed by atoms with van der Waals surface area (Å²) in [5, 5.41) is 0. The Morgan fingerprint density at radius 3 is 1.62 bits per heavy atom. The standard InChI is InChI=1S/C10H27O3Si3/c1-8-11-14(12-9-2)16(6,7)13-15(4,5)10-3/h8-10H2,1-7H3. The van der Waals surface area contributed by atoms with E-state index in [4.69, 9.17) is 13.0 Å². The molecule has 0 saturated heterocycles. The molecule has 0 saturated carbocycles. The zero-order valence-corrected chi connectivity index (χ0v) is 14.8. The predicted molar refractivity (Wildman–Crippen MR) is 75.5 cm³/mol. The van der Waals surface area contributed by atoms with E-state index < -0.39 is 25.0 Å². The number of hydrogen-bond donors (Lipinski definition) is 0. The van der Waals surface area contributed by atoms with Crippen LogP contribution in [0.1, 0.15) is 20.8 Å². The summed E-state index contributed by atoms with van der Waals surface area (Å²) in [5.41, 5.74) is 0. The summed E-state index contributed by atoms with van der Waals surface area (Å²) in [6.45, 7) is 16.7. The highest BCUT2D eigenvalue weighted by molar-refractivity contribution is 7.26. The Balaban J connectivity index is 4.56. The van der Waals surface area contributed by atoms with Gasteiger partial charge in [0.15, 0.2) is 8.32 Å². The summed E-state index contributed by atoms with van der Waals surface area (Å²) in [6.07, 6.45) is 0. The first kappa shape index (κ1) is 16.5. The van der Waals surface area contributed by atoms with Crippen LogP contribution in [-0.2, 0) is 13.0 Å². The maximum Gasteiger partial charge on any atom is 0.392 e. The summed E-state index contributed by atoms with van der Waals surface area (Å²) in [5.74, 6) is 0. The molecule has 0 rings (SSSR count). The van der Waals surface area contributed by atoms with Gasteiger partial charge in [-0.05, 0) is 46.1 Å². The molecule has 0 atom stereocenters. The summed E-state index contributed by atoms with van der Waals surface area (Å²) >= 11 is 0. The van der Waals surface area contributed by atoms with E-state index in [0.717, 1.165) is 19.3 Å². The van der Waals surface area contributed by atoms with Crippen molar-refractivity contribution in [1.82, 2.24) is 0 Å². The minimum Gasteiger partial charge on any atom is -0.454 e. The molecule has 0 aromatic rings. The van der Waals surface area contributed by atoms with Gasteiger partial charge in [-0.1, -0.05) is 6.92 Å². The van der Waals surface area contributed by atoms with Gasteiger partial charge in [0.25, 0.3) is 0 Å². The van der Waals surface area contributed by atoms with E-state index in [-0.39, 0.29) is 0 Å². The summed E-state index contributed by atoms with van der Waals surface area (Å²) in [4.78, 5) is 0. The Morgan fingerprint density at radius 1 is 0.875 bits per heavy atom. The van der Waals surface area contributed by atoms with Crippen LogP contribution >= 0.6 is 0 Å². The van der Waals surface area contributed by atoms with Crippen LogP contribution < -0.4 is 0 Å². The van der Waals surface area contributed by atoms with Crippen LogP contribution in [-0.4, -0.2) is 38.2 Å². The van der Waals surface area contributed by atoms with Crippen molar-refractivity contribution in [3.05, 3.63) is 0 Å². The highest BCUT2D eigenvalue weighted by Gasteiger charge is 2.44. The van der Waals surface area contributed by atoms with Gasteiger partial charge in [0.2, 0.25) is 7.83 Å². The molecule has 97 valence electrons. The van der Waals surface area contributed by atoms with Crippen LogP contribution in [0.3, 0.4) is 0 Å². The van der Waals surface area contributed by atoms with Crippen LogP contribution in [0.2, 0.25) is 32.2 Å². The maximum absolute atomic E-state index is 6.41. The van der Waals surface area contributed by atoms with Gasteiger partial charge in [-0.3, -0.25) is 0 Å². The normalized spacial score (nSPS) is 13.5. The van der Waals surface area contributed by atoms with Gasteiger partial charge in [-0.2, -0.15) is 0 Å². The molecule has 3 nitrogen and oxygen atoms in total. The van der Waals surface area contributed by atoms with Gasteiger partial charge in [-0.25, -0.2) is 0 Å². The lowest BCUT2D eigenvalue weighted by molar-refractivity contribution is 0.224. The van der Waals surface area contributed by atoms with E-state index in [9.17, 15) is 0 Å². The van der Waals surface area contributed by atoms with Crippen molar-refractivity contribution in [2.45, 2.75) is 53.0 Å². The second-order valence-electron chi connectivity index (χ2n) is 4.88. The van der Waals surface area contributed by atoms with Crippen molar-refractivity contribution >= 4 is 25.0 Å². The summed E-state index contributed by atoms with van der Waals surface area (Å²) in [7, 11) is -4.53. The second kappa shape index (κ2) is 7.07. The van der Waals surface area contributed by atoms with Crippen LogP contribution in [0.15, 0.2) is 0 Å². The van der Waals surface area contributed by atoms with Crippen LogP contribution in [0.25, 0.3) is 0 Å². The topological polar surface area (TPSA) is 27.7 Å². The molecule has 6 heteroatoms. The zero-order valence-electron chi connectivity index (χ0n) is 11.8. The third-order valence-corrected chi connectivity index (χ3v) is 15.2. The lowest BCUT2D eigenvalue weighted by Gasteiger charge is -2.35. The fourth-order valence-corrected chi connectivity index (χ4v) is 15.4. The largest absolute Gasteiger partial charge is 0.454 e. The van der Waals surface area contributed by atoms with Gasteiger partial charge < -0.3 is 13.0 Å². The lowest BCUT2D eigenvalue weighted by Crippen LogP contribution is -2.57. The molecule has 0 aliphatic rings. The number of rotatable bonds is 8. The van der Waals surface area contributed by atoms with Gasteiger partial charge >= 0.3 is 8.80 Å². The maximum atomic E-state index is 6.41. The predicted octanol–water partition coefficient (Wildman–Crippen LogP) is 3.07. The second-order valence-corrected chi connectivity index (χ2v) is 18.9. The van der Waals surface area contributed by atoms with E-state index in [1.165, 1.54) is 0 Å². The zero-order chi connectivity index (χ0) is 12.8. The molecular formula is C10H27O3Si3. The monoisotopic (exact) mass is 279 g/mol. The highest BCUT2D eigenvalue weighted by Crippen LogP contribution is 2.21. The van der Waals surface area contributed by atoms with E-state index in [1.807, 2.05) is 13.8 Å². The van der Waals surface area contributed by atoms with E-state index in [2.05, 4.69) is 33.1 Å². The summed E-state index contributed by atoms with van der Waals surface area (Å²) in [6, 6.07) is 1.15. The van der Waals surface area contributed by atoms with Crippen molar-refractivity contribution in [3.63, 3.8) is 0 Å². The molecular weight excluding hydrogens is 252 g/mol. The number of hydrogen-bond acceptors (Lipinski definition) is 3. The van der Waals surface area contributed by atoms with E-state index >= 15 is 0 Å². The SMILES string of the molecule is CCO[Si](OCC)[Si](C)(C)O[Si](C)(C)CC. The van der Waals surface area contributed by atoms with Crippen molar-refractivity contribution < 1.29 is 13.0 Å². The quantitative estimate of drug-likeness (QED) is 0.639. The molecule has 0 heterocycles. The summed E-state index contributed by atoms with van der Waals surface area (Å²) < 4.78 is 18.0. The Hall–Kier alpha value is 0.531. The third-order valence-electron chi connectivity index (χ3n) is 2.43. The van der Waals surface area contributed by atoms with Gasteiger partial charge in [-0.15, -0.1) is 0 Å². The van der Waals surface area contributed by atoms with Gasteiger partial charge in [0, 0.05) is 13.2 Å². The van der Waals surface area contributed by atoms with E-state index in [1.54, 1.807) is 0 Å². The third kappa shape index (κ3) is 5.74. The first-order valence-electron chi connectivity index (χ1n) is 6.12. The molecule has 0 fully saturated rings. The Bertz CT molecular complexity index is 192. The van der Waals surface area contributed by atoms with Crippen molar-refractivity contribution in [2.24, 2.45) is 0 Å². The van der Waals surface area contributed by atoms with Crippen molar-refractivity contribution in [1.29, 1.82) is 0 Å². The molecule has 0 N–H and O–H groups in total. The van der Waals surface area contributed by atoms with Gasteiger partial charge in [0.1, 0.15) is 0 Å². The molecule has 0 aromatic heterocycles. The highest BCUT2D eigenvalue weighted by atomic mass is 29.3. The Labute approximate surface area is 104 Å². The molecule has 0 aliphatic heterocycles. The Morgan fingerprint density at radius 2 is 1.31 bits per heavy atom. The molecule has 0 aromatic carbocycles. The minimum absolute atomic E-state index is 0.724. The fourth-order valence-electron chi connectivity index (χ4n) is 1.46. The molecule has 0 unspecified atom stereocenters. The average molecular weight is 280 g/mol. The lowest BCUT2D eigenvalue weighted by atomic mass is 10.9. The smallest absolute Gasteiger partial charge is 0.392 e.